The predicted octanol–water partition coefficient (Wildman–Crippen LogP) is 0.801. The number of ether oxygens (including phenoxy) is 1. The molecule has 0 saturated carbocycles. The van der Waals surface area contributed by atoms with E-state index >= 15 is 0 Å². The number of anilines is 1. The van der Waals surface area contributed by atoms with Gasteiger partial charge in [0.15, 0.2) is 17.7 Å². The van der Waals surface area contributed by atoms with Crippen LogP contribution in [0.4, 0.5) is 5.82 Å². The molecule has 1 aliphatic heterocycles. The van der Waals surface area contributed by atoms with Crippen molar-refractivity contribution >= 4 is 69.1 Å². The Balaban J connectivity index is 1.46. The van der Waals surface area contributed by atoms with E-state index in [0.717, 1.165) is 54.7 Å². The summed E-state index contributed by atoms with van der Waals surface area (Å²) in [6.45, 7) is 2.59. The first-order chi connectivity index (χ1) is 26.6. The molecule has 24 nitrogen and oxygen atoms in total. The molecule has 7 atom stereocenters. The van der Waals surface area contributed by atoms with Gasteiger partial charge in [0.2, 0.25) is 16.9 Å². The third kappa shape index (κ3) is 15.8. The highest BCUT2D eigenvalue weighted by atomic mass is 32.2. The van der Waals surface area contributed by atoms with Gasteiger partial charge in [0.05, 0.1) is 19.5 Å². The van der Waals surface area contributed by atoms with Crippen LogP contribution in [0.1, 0.15) is 59.1 Å². The van der Waals surface area contributed by atoms with Gasteiger partial charge in [-0.3, -0.25) is 32.5 Å². The van der Waals surface area contributed by atoms with Crippen molar-refractivity contribution in [2.45, 2.75) is 83.5 Å². The van der Waals surface area contributed by atoms with Crippen LogP contribution in [-0.2, 0) is 50.7 Å². The van der Waals surface area contributed by atoms with Crippen LogP contribution in [0.15, 0.2) is 24.8 Å². The minimum absolute atomic E-state index is 0.0310. The standard InChI is InChI=1S/C29H48N7O17P3S/c1-4-5-6-7-8-9-20(38)57-13-12-31-19(37)10-11-32-27(41)24(40)29(2,3)15-50-56(47,48)53-55(45,46)49-14-18-23(52-54(42,43)44)22(39)28(51-18)36-17-35-21-25(30)33-16-34-26(21)36/h8-9,16-18,22-24,28,39-40H,4-7,10-15H2,1-3H3,(H,31,37)(H,32,41)(H,45,46)(H,47,48)(H2,30,33,34)(H2,42,43,44)/t18-,22-,23-,24?,28-/m1/s1. The average molecular weight is 892 g/mol. The topological polar surface area (TPSA) is 364 Å². The summed E-state index contributed by atoms with van der Waals surface area (Å²) in [6, 6.07) is 0. The molecule has 1 saturated heterocycles. The van der Waals surface area contributed by atoms with Crippen molar-refractivity contribution in [2.75, 3.05) is 37.8 Å². The first kappa shape index (κ1) is 48.7. The van der Waals surface area contributed by atoms with E-state index in [4.69, 9.17) is 19.5 Å². The number of carbonyl (C=O) groups excluding carboxylic acids is 3. The van der Waals surface area contributed by atoms with Crippen molar-refractivity contribution in [1.29, 1.82) is 0 Å². The van der Waals surface area contributed by atoms with Crippen LogP contribution >= 0.6 is 35.2 Å². The Hall–Kier alpha value is -2.70. The van der Waals surface area contributed by atoms with Gasteiger partial charge in [-0.1, -0.05) is 51.5 Å². The number of allylic oxidation sites excluding steroid dienone is 1. The molecule has 0 aliphatic carbocycles. The zero-order valence-corrected chi connectivity index (χ0v) is 34.6. The number of hydrogen-bond donors (Lipinski definition) is 9. The van der Waals surface area contributed by atoms with Crippen molar-refractivity contribution in [2.24, 2.45) is 5.41 Å². The van der Waals surface area contributed by atoms with E-state index in [1.807, 2.05) is 6.08 Å². The minimum atomic E-state index is -5.57. The summed E-state index contributed by atoms with van der Waals surface area (Å²) >= 11 is 1.05. The van der Waals surface area contributed by atoms with E-state index in [-0.39, 0.29) is 41.6 Å². The maximum atomic E-state index is 12.7. The number of nitrogens with two attached hydrogens (primary N) is 1. The fourth-order valence-electron chi connectivity index (χ4n) is 5.02. The lowest BCUT2D eigenvalue weighted by Crippen LogP contribution is -2.46. The number of nitrogens with one attached hydrogen (secondary N) is 2. The monoisotopic (exact) mass is 891 g/mol. The SMILES string of the molecule is CCCCCC=CC(=O)SCCNC(=O)CCNC(=O)C(O)C(C)(C)COP(=O)(O)OP(=O)(O)OC[C@H]1O[C@@H](n2cnc3c(N)ncnc32)[C@H](O)[C@@H]1OP(=O)(O)O. The summed E-state index contributed by atoms with van der Waals surface area (Å²) in [5.41, 5.74) is 4.26. The molecule has 0 spiro atoms. The summed E-state index contributed by atoms with van der Waals surface area (Å²) in [5.74, 6) is -1.11. The number of thioether (sulfide) groups is 1. The van der Waals surface area contributed by atoms with Crippen LogP contribution < -0.4 is 16.4 Å². The highest BCUT2D eigenvalue weighted by Gasteiger charge is 2.50. The number of aromatic nitrogens is 4. The van der Waals surface area contributed by atoms with Gasteiger partial charge >= 0.3 is 23.5 Å². The maximum absolute atomic E-state index is 12.7. The van der Waals surface area contributed by atoms with Gasteiger partial charge in [-0.25, -0.2) is 28.6 Å². The molecule has 0 aromatic carbocycles. The van der Waals surface area contributed by atoms with Crippen molar-refractivity contribution in [3.63, 3.8) is 0 Å². The second-order valence-corrected chi connectivity index (χ2v) is 18.5. The van der Waals surface area contributed by atoms with Gasteiger partial charge in [-0.15, -0.1) is 0 Å². The Morgan fingerprint density at radius 2 is 1.77 bits per heavy atom. The summed E-state index contributed by atoms with van der Waals surface area (Å²) < 4.78 is 62.1. The molecule has 10 N–H and O–H groups in total. The molecule has 2 aromatic rings. The highest BCUT2D eigenvalue weighted by Crippen LogP contribution is 2.61. The zero-order chi connectivity index (χ0) is 42.6. The van der Waals surface area contributed by atoms with Crippen LogP contribution in [0.2, 0.25) is 0 Å². The third-order valence-corrected chi connectivity index (χ3v) is 11.9. The van der Waals surface area contributed by atoms with E-state index in [0.29, 0.717) is 5.75 Å². The quantitative estimate of drug-likeness (QED) is 0.0400. The Labute approximate surface area is 330 Å². The average Bonchev–Trinajstić information content (AvgIpc) is 3.68. The second kappa shape index (κ2) is 21.5. The van der Waals surface area contributed by atoms with Crippen LogP contribution in [0.3, 0.4) is 0 Å². The van der Waals surface area contributed by atoms with E-state index in [1.54, 1.807) is 0 Å². The van der Waals surface area contributed by atoms with Crippen molar-refractivity contribution in [3.05, 3.63) is 24.8 Å². The lowest BCUT2D eigenvalue weighted by molar-refractivity contribution is -0.137. The number of rotatable bonds is 24. The fraction of sp³-hybridized carbons (Fsp3) is 0.655. The largest absolute Gasteiger partial charge is 0.481 e. The first-order valence-electron chi connectivity index (χ1n) is 17.3. The summed E-state index contributed by atoms with van der Waals surface area (Å²) in [7, 11) is -16.4. The summed E-state index contributed by atoms with van der Waals surface area (Å²) in [5, 5.41) is 26.3. The number of phosphoric ester groups is 3. The van der Waals surface area contributed by atoms with Crippen LogP contribution in [0.5, 0.6) is 0 Å². The molecule has 1 aliphatic rings. The van der Waals surface area contributed by atoms with Gasteiger partial charge in [-0.2, -0.15) is 4.31 Å². The molecule has 3 rings (SSSR count). The highest BCUT2D eigenvalue weighted by molar-refractivity contribution is 8.14. The van der Waals surface area contributed by atoms with Gasteiger partial charge in [-0.05, 0) is 18.9 Å². The molecule has 57 heavy (non-hydrogen) atoms. The molecule has 28 heteroatoms. The van der Waals surface area contributed by atoms with Gasteiger partial charge < -0.3 is 50.9 Å². The van der Waals surface area contributed by atoms with Gasteiger partial charge in [0, 0.05) is 30.7 Å². The number of imidazole rings is 1. The van der Waals surface area contributed by atoms with Crippen LogP contribution in [-0.4, -0.2) is 123 Å². The lowest BCUT2D eigenvalue weighted by atomic mass is 9.87. The normalized spacial score (nSPS) is 21.6. The van der Waals surface area contributed by atoms with E-state index in [9.17, 15) is 57.9 Å². The van der Waals surface area contributed by atoms with E-state index in [2.05, 4.69) is 41.3 Å². The van der Waals surface area contributed by atoms with Gasteiger partial charge in [0.1, 0.15) is 36.3 Å². The maximum Gasteiger partial charge on any atom is 0.481 e. The molecule has 3 heterocycles. The van der Waals surface area contributed by atoms with Crippen molar-refractivity contribution in [1.82, 2.24) is 30.2 Å². The lowest BCUT2D eigenvalue weighted by Gasteiger charge is -2.30. The molecule has 2 aromatic heterocycles. The molecular weight excluding hydrogens is 843 g/mol. The predicted molar refractivity (Wildman–Crippen MR) is 200 cm³/mol. The van der Waals surface area contributed by atoms with Crippen LogP contribution in [0, 0.1) is 5.41 Å². The molecule has 0 radical (unpaired) electrons. The number of hydrogen-bond acceptors (Lipinski definition) is 18. The molecular formula is C29H48N7O17P3S. The Kier molecular flexibility index (Phi) is 18.4. The summed E-state index contributed by atoms with van der Waals surface area (Å²) in [6.07, 6.45) is 0.413. The van der Waals surface area contributed by atoms with E-state index < -0.39 is 84.6 Å². The summed E-state index contributed by atoms with van der Waals surface area (Å²) in [4.78, 5) is 87.5. The second-order valence-electron chi connectivity index (χ2n) is 13.1. The third-order valence-electron chi connectivity index (χ3n) is 7.97. The molecule has 0 bridgehead atoms. The number of amides is 2. The molecule has 322 valence electrons. The number of nitrogen functional groups attached to an aromatic ring is 1. The number of unbranched alkanes of at least 4 members (excludes halogenated alkanes) is 3. The van der Waals surface area contributed by atoms with Crippen LogP contribution in [0.25, 0.3) is 11.2 Å². The van der Waals surface area contributed by atoms with Crippen molar-refractivity contribution < 1.29 is 80.5 Å². The Morgan fingerprint density at radius 3 is 2.46 bits per heavy atom. The number of carbonyl (C=O) groups is 3. The molecule has 1 fully saturated rings. The fourth-order valence-corrected chi connectivity index (χ4v) is 8.45. The zero-order valence-electron chi connectivity index (χ0n) is 31.1. The number of phosphoric acid groups is 3. The number of nitrogens with zero attached hydrogens (tertiary/aromatic N) is 4. The Bertz CT molecular complexity index is 1860. The Morgan fingerprint density at radius 1 is 1.07 bits per heavy atom. The number of fused-ring (bicyclic) bond motifs is 1. The molecule has 2 amide bonds. The number of aliphatic hydroxyl groups is 2. The smallest absolute Gasteiger partial charge is 0.386 e. The van der Waals surface area contributed by atoms with E-state index in [1.165, 1.54) is 19.9 Å². The minimum Gasteiger partial charge on any atom is -0.386 e. The first-order valence-corrected chi connectivity index (χ1v) is 22.8. The number of aliphatic hydroxyl groups excluding tert-OH is 2. The van der Waals surface area contributed by atoms with Crippen molar-refractivity contribution in [3.8, 4) is 0 Å². The van der Waals surface area contributed by atoms with Gasteiger partial charge in [0.25, 0.3) is 0 Å². The molecule has 3 unspecified atom stereocenters.